The minimum Gasteiger partial charge on any atom is -0.469 e. The summed E-state index contributed by atoms with van der Waals surface area (Å²) in [4.78, 5) is 10.9. The molecular weight excluding hydrogens is 166 g/mol. The second-order valence-electron chi connectivity index (χ2n) is 4.18. The number of esters is 1. The smallest absolute Gasteiger partial charge is 0.305 e. The number of nitrogens with zero attached hydrogens (tertiary/aromatic N) is 1. The van der Waals surface area contributed by atoms with Crippen molar-refractivity contribution in [3.8, 4) is 0 Å². The van der Waals surface area contributed by atoms with Crippen LogP contribution in [0.25, 0.3) is 0 Å². The van der Waals surface area contributed by atoms with Gasteiger partial charge in [0.1, 0.15) is 0 Å². The quantitative estimate of drug-likeness (QED) is 0.487. The fourth-order valence-electron chi connectivity index (χ4n) is 2.03. The molecule has 0 amide bonds. The summed E-state index contributed by atoms with van der Waals surface area (Å²) in [5.41, 5.74) is 0. The highest BCUT2D eigenvalue weighted by molar-refractivity contribution is 5.68. The molecule has 0 radical (unpaired) electrons. The lowest BCUT2D eigenvalue weighted by Crippen LogP contribution is -2.41. The molecule has 0 aliphatic carbocycles. The van der Waals surface area contributed by atoms with Gasteiger partial charge in [-0.25, -0.2) is 0 Å². The van der Waals surface area contributed by atoms with Gasteiger partial charge >= 0.3 is 5.97 Å². The second-order valence-corrected chi connectivity index (χ2v) is 4.18. The van der Waals surface area contributed by atoms with Gasteiger partial charge in [-0.2, -0.15) is 0 Å². The van der Waals surface area contributed by atoms with E-state index in [2.05, 4.69) is 11.8 Å². The van der Waals surface area contributed by atoms with Crippen molar-refractivity contribution >= 4 is 5.97 Å². The highest BCUT2D eigenvalue weighted by atomic mass is 16.5. The molecule has 13 heavy (non-hydrogen) atoms. The standard InChI is InChI=1S/C10H20NO2/c1-11(7-3-4-8-11)9-5-6-10(12)13-2/h3-9H2,1-2H3/q+1. The normalized spacial score (nSPS) is 20.2. The van der Waals surface area contributed by atoms with Crippen LogP contribution < -0.4 is 0 Å². The average Bonchev–Trinajstić information content (AvgIpc) is 2.52. The molecule has 0 atom stereocenters. The van der Waals surface area contributed by atoms with Crippen LogP contribution in [-0.2, 0) is 9.53 Å². The van der Waals surface area contributed by atoms with Crippen LogP contribution in [0.5, 0.6) is 0 Å². The lowest BCUT2D eigenvalue weighted by molar-refractivity contribution is -0.897. The highest BCUT2D eigenvalue weighted by Crippen LogP contribution is 2.17. The van der Waals surface area contributed by atoms with Crippen molar-refractivity contribution in [2.24, 2.45) is 0 Å². The van der Waals surface area contributed by atoms with Crippen molar-refractivity contribution in [2.75, 3.05) is 33.8 Å². The molecule has 1 aliphatic rings. The Morgan fingerprint density at radius 1 is 1.38 bits per heavy atom. The second kappa shape index (κ2) is 4.61. The van der Waals surface area contributed by atoms with Gasteiger partial charge < -0.3 is 9.22 Å². The molecule has 3 nitrogen and oxygen atoms in total. The van der Waals surface area contributed by atoms with E-state index >= 15 is 0 Å². The number of methoxy groups -OCH3 is 1. The lowest BCUT2D eigenvalue weighted by Gasteiger charge is -2.28. The van der Waals surface area contributed by atoms with Crippen LogP contribution >= 0.6 is 0 Å². The predicted octanol–water partition coefficient (Wildman–Crippen LogP) is 1.18. The lowest BCUT2D eigenvalue weighted by atomic mass is 10.3. The van der Waals surface area contributed by atoms with Crippen molar-refractivity contribution < 1.29 is 14.0 Å². The number of hydrogen-bond donors (Lipinski definition) is 0. The number of likely N-dealkylation sites (tertiary alicyclic amines) is 1. The molecule has 0 bridgehead atoms. The van der Waals surface area contributed by atoms with E-state index in [4.69, 9.17) is 0 Å². The monoisotopic (exact) mass is 186 g/mol. The highest BCUT2D eigenvalue weighted by Gasteiger charge is 2.26. The van der Waals surface area contributed by atoms with E-state index in [1.807, 2.05) is 0 Å². The van der Waals surface area contributed by atoms with Gasteiger partial charge in [0.05, 0.1) is 40.2 Å². The van der Waals surface area contributed by atoms with E-state index in [0.717, 1.165) is 17.4 Å². The molecule has 1 fully saturated rings. The van der Waals surface area contributed by atoms with Gasteiger partial charge in [0.25, 0.3) is 0 Å². The topological polar surface area (TPSA) is 26.3 Å². The van der Waals surface area contributed by atoms with Crippen molar-refractivity contribution in [3.63, 3.8) is 0 Å². The average molecular weight is 186 g/mol. The maximum atomic E-state index is 10.9. The summed E-state index contributed by atoms with van der Waals surface area (Å²) in [6, 6.07) is 0. The van der Waals surface area contributed by atoms with E-state index in [1.54, 1.807) is 0 Å². The molecule has 1 heterocycles. The minimum absolute atomic E-state index is 0.0780. The summed E-state index contributed by atoms with van der Waals surface area (Å²) in [6.07, 6.45) is 4.22. The number of hydrogen-bond acceptors (Lipinski definition) is 2. The number of rotatable bonds is 4. The SMILES string of the molecule is COC(=O)CCC[N+]1(C)CCCC1. The van der Waals surface area contributed by atoms with E-state index < -0.39 is 0 Å². The molecule has 0 aromatic rings. The van der Waals surface area contributed by atoms with E-state index in [0.29, 0.717) is 6.42 Å². The fourth-order valence-corrected chi connectivity index (χ4v) is 2.03. The zero-order valence-corrected chi connectivity index (χ0v) is 8.71. The zero-order valence-electron chi connectivity index (χ0n) is 8.71. The third-order valence-corrected chi connectivity index (χ3v) is 2.95. The van der Waals surface area contributed by atoms with E-state index in [9.17, 15) is 4.79 Å². The fraction of sp³-hybridized carbons (Fsp3) is 0.900. The van der Waals surface area contributed by atoms with E-state index in [1.165, 1.54) is 33.0 Å². The third-order valence-electron chi connectivity index (χ3n) is 2.95. The van der Waals surface area contributed by atoms with Gasteiger partial charge in [0.15, 0.2) is 0 Å². The Hall–Kier alpha value is -0.570. The molecule has 0 saturated carbocycles. The summed E-state index contributed by atoms with van der Waals surface area (Å²) in [5, 5.41) is 0. The van der Waals surface area contributed by atoms with Gasteiger partial charge in [0, 0.05) is 19.3 Å². The molecule has 0 aromatic carbocycles. The Labute approximate surface area is 80.3 Å². The third kappa shape index (κ3) is 3.35. The molecule has 0 spiro atoms. The largest absolute Gasteiger partial charge is 0.469 e. The molecule has 1 aliphatic heterocycles. The molecule has 76 valence electrons. The number of carbonyl (C=O) groups is 1. The van der Waals surface area contributed by atoms with Crippen LogP contribution in [0.15, 0.2) is 0 Å². The first-order valence-corrected chi connectivity index (χ1v) is 5.07. The maximum absolute atomic E-state index is 10.9. The van der Waals surface area contributed by atoms with Crippen LogP contribution in [0.2, 0.25) is 0 Å². The Morgan fingerprint density at radius 3 is 2.54 bits per heavy atom. The van der Waals surface area contributed by atoms with Crippen LogP contribution in [0.3, 0.4) is 0 Å². The minimum atomic E-state index is -0.0780. The van der Waals surface area contributed by atoms with Crippen molar-refractivity contribution in [2.45, 2.75) is 25.7 Å². The first-order valence-electron chi connectivity index (χ1n) is 5.07. The Balaban J connectivity index is 2.14. The van der Waals surface area contributed by atoms with Crippen LogP contribution in [0.1, 0.15) is 25.7 Å². The Morgan fingerprint density at radius 2 is 2.00 bits per heavy atom. The summed E-state index contributed by atoms with van der Waals surface area (Å²) in [5.74, 6) is -0.0780. The van der Waals surface area contributed by atoms with Gasteiger partial charge in [-0.15, -0.1) is 0 Å². The summed E-state index contributed by atoms with van der Waals surface area (Å²) in [6.45, 7) is 3.68. The molecule has 0 N–H and O–H groups in total. The van der Waals surface area contributed by atoms with Crippen molar-refractivity contribution in [3.05, 3.63) is 0 Å². The predicted molar refractivity (Wildman–Crippen MR) is 51.3 cm³/mol. The van der Waals surface area contributed by atoms with Gasteiger partial charge in [-0.05, 0) is 0 Å². The summed E-state index contributed by atoms with van der Waals surface area (Å²) >= 11 is 0. The molecule has 0 aromatic heterocycles. The van der Waals surface area contributed by atoms with Crippen LogP contribution in [-0.4, -0.2) is 44.2 Å². The first-order chi connectivity index (χ1) is 6.16. The molecule has 0 unspecified atom stereocenters. The molecule has 1 saturated heterocycles. The number of carbonyl (C=O) groups excluding carboxylic acids is 1. The maximum Gasteiger partial charge on any atom is 0.305 e. The van der Waals surface area contributed by atoms with Gasteiger partial charge in [0.2, 0.25) is 0 Å². The van der Waals surface area contributed by atoms with Crippen LogP contribution in [0, 0.1) is 0 Å². The van der Waals surface area contributed by atoms with Crippen LogP contribution in [0.4, 0.5) is 0 Å². The Bertz CT molecular complexity index is 174. The zero-order chi connectivity index (χ0) is 9.73. The van der Waals surface area contributed by atoms with Gasteiger partial charge in [-0.1, -0.05) is 0 Å². The van der Waals surface area contributed by atoms with Crippen molar-refractivity contribution in [1.29, 1.82) is 0 Å². The molecular formula is C10H20NO2+. The van der Waals surface area contributed by atoms with Crippen molar-refractivity contribution in [1.82, 2.24) is 0 Å². The summed E-state index contributed by atoms with van der Waals surface area (Å²) < 4.78 is 5.75. The number of ether oxygens (including phenoxy) is 1. The van der Waals surface area contributed by atoms with Gasteiger partial charge in [-0.3, -0.25) is 4.79 Å². The number of quaternary nitrogens is 1. The Kier molecular flexibility index (Phi) is 3.72. The molecule has 1 rings (SSSR count). The molecule has 3 heteroatoms. The van der Waals surface area contributed by atoms with E-state index in [-0.39, 0.29) is 5.97 Å². The first kappa shape index (κ1) is 10.5. The summed E-state index contributed by atoms with van der Waals surface area (Å²) in [7, 11) is 3.73.